The van der Waals surface area contributed by atoms with Crippen molar-refractivity contribution in [2.75, 3.05) is 0 Å². The highest BCUT2D eigenvalue weighted by Crippen LogP contribution is 2.13. The molecule has 0 aromatic carbocycles. The Morgan fingerprint density at radius 3 is 1.27 bits per heavy atom. The van der Waals surface area contributed by atoms with Crippen LogP contribution in [0.1, 0.15) is 67.2 Å². The average Bonchev–Trinajstić information content (AvgIpc) is 2.14. The van der Waals surface area contributed by atoms with Gasteiger partial charge in [0.2, 0.25) is 0 Å². The molecule has 0 heterocycles. The largest absolute Gasteiger partial charge is 0.311 e. The van der Waals surface area contributed by atoms with Gasteiger partial charge in [-0.3, -0.25) is 0 Å². The topological polar surface area (TPSA) is 12.0 Å². The number of hydrogen-bond acceptors (Lipinski definition) is 1. The molecular weight excluding hydrogens is 182 g/mol. The van der Waals surface area contributed by atoms with Crippen molar-refractivity contribution in [1.29, 1.82) is 0 Å². The molecular formula is C14H31N. The molecule has 0 saturated heterocycles. The fraction of sp³-hybridized carbons (Fsp3) is 1.00. The van der Waals surface area contributed by atoms with Crippen LogP contribution in [0.4, 0.5) is 0 Å². The van der Waals surface area contributed by atoms with Gasteiger partial charge in [-0.1, -0.05) is 41.5 Å². The predicted molar refractivity (Wildman–Crippen MR) is 70.2 cm³/mol. The van der Waals surface area contributed by atoms with Crippen LogP contribution in [-0.2, 0) is 0 Å². The van der Waals surface area contributed by atoms with Crippen molar-refractivity contribution >= 4 is 0 Å². The maximum absolute atomic E-state index is 3.82. The van der Waals surface area contributed by atoms with Gasteiger partial charge in [0.1, 0.15) is 0 Å². The fourth-order valence-electron chi connectivity index (χ4n) is 2.18. The molecule has 0 radical (unpaired) electrons. The van der Waals surface area contributed by atoms with Crippen LogP contribution in [0.15, 0.2) is 0 Å². The minimum absolute atomic E-state index is 0.716. The van der Waals surface area contributed by atoms with Crippen molar-refractivity contribution < 1.29 is 0 Å². The Morgan fingerprint density at radius 2 is 1.07 bits per heavy atom. The van der Waals surface area contributed by atoms with E-state index in [1.165, 1.54) is 25.7 Å². The van der Waals surface area contributed by atoms with Gasteiger partial charge in [0.05, 0.1) is 0 Å². The summed E-state index contributed by atoms with van der Waals surface area (Å²) in [7, 11) is 0. The Morgan fingerprint density at radius 1 is 0.733 bits per heavy atom. The third kappa shape index (κ3) is 7.84. The lowest BCUT2D eigenvalue weighted by molar-refractivity contribution is 0.325. The third-order valence-corrected chi connectivity index (χ3v) is 2.97. The molecule has 0 fully saturated rings. The molecule has 0 amide bonds. The second kappa shape index (κ2) is 8.15. The lowest BCUT2D eigenvalue weighted by Crippen LogP contribution is -2.39. The molecule has 2 unspecified atom stereocenters. The van der Waals surface area contributed by atoms with E-state index in [1.807, 2.05) is 0 Å². The van der Waals surface area contributed by atoms with Gasteiger partial charge >= 0.3 is 0 Å². The first-order valence-electron chi connectivity index (χ1n) is 6.75. The lowest BCUT2D eigenvalue weighted by atomic mass is 9.97. The van der Waals surface area contributed by atoms with Gasteiger partial charge in [-0.2, -0.15) is 0 Å². The Balaban J connectivity index is 3.99. The molecule has 0 rings (SSSR count). The van der Waals surface area contributed by atoms with Crippen molar-refractivity contribution in [2.24, 2.45) is 11.8 Å². The standard InChI is InChI=1S/C14H31N/c1-7-13(9-11(3)4)15-14(8-2)10-12(5)6/h11-15H,7-10H2,1-6H3. The Hall–Kier alpha value is -0.0400. The van der Waals surface area contributed by atoms with Crippen molar-refractivity contribution in [3.63, 3.8) is 0 Å². The number of hydrogen-bond donors (Lipinski definition) is 1. The summed E-state index contributed by atoms with van der Waals surface area (Å²) >= 11 is 0. The Kier molecular flexibility index (Phi) is 8.13. The first-order valence-corrected chi connectivity index (χ1v) is 6.75. The SMILES string of the molecule is CCC(CC(C)C)NC(CC)CC(C)C. The molecule has 0 spiro atoms. The molecule has 0 bridgehead atoms. The lowest BCUT2D eigenvalue weighted by Gasteiger charge is -2.26. The van der Waals surface area contributed by atoms with Gasteiger partial charge in [-0.05, 0) is 37.5 Å². The molecule has 1 nitrogen and oxygen atoms in total. The van der Waals surface area contributed by atoms with Crippen LogP contribution in [-0.4, -0.2) is 12.1 Å². The van der Waals surface area contributed by atoms with E-state index in [-0.39, 0.29) is 0 Å². The molecule has 1 heteroatoms. The molecule has 0 aliphatic heterocycles. The minimum Gasteiger partial charge on any atom is -0.311 e. The fourth-order valence-corrected chi connectivity index (χ4v) is 2.18. The van der Waals surface area contributed by atoms with Gasteiger partial charge in [-0.15, -0.1) is 0 Å². The molecule has 92 valence electrons. The van der Waals surface area contributed by atoms with Crippen LogP contribution in [0.2, 0.25) is 0 Å². The van der Waals surface area contributed by atoms with Crippen LogP contribution in [0.5, 0.6) is 0 Å². The second-order valence-corrected chi connectivity index (χ2v) is 5.64. The average molecular weight is 213 g/mol. The van der Waals surface area contributed by atoms with Crippen LogP contribution in [0.25, 0.3) is 0 Å². The highest BCUT2D eigenvalue weighted by atomic mass is 14.9. The molecule has 2 atom stereocenters. The van der Waals surface area contributed by atoms with E-state index < -0.39 is 0 Å². The molecule has 0 aliphatic rings. The molecule has 0 aromatic heterocycles. The highest BCUT2D eigenvalue weighted by Gasteiger charge is 2.14. The predicted octanol–water partition coefficient (Wildman–Crippen LogP) is 4.23. The summed E-state index contributed by atoms with van der Waals surface area (Å²) in [6.07, 6.45) is 5.13. The van der Waals surface area contributed by atoms with Crippen molar-refractivity contribution in [3.8, 4) is 0 Å². The summed E-state index contributed by atoms with van der Waals surface area (Å²) in [5.74, 6) is 1.61. The highest BCUT2D eigenvalue weighted by molar-refractivity contribution is 4.74. The van der Waals surface area contributed by atoms with E-state index in [4.69, 9.17) is 0 Å². The van der Waals surface area contributed by atoms with Gasteiger partial charge < -0.3 is 5.32 Å². The first-order chi connectivity index (χ1) is 6.99. The van der Waals surface area contributed by atoms with E-state index in [0.29, 0.717) is 12.1 Å². The van der Waals surface area contributed by atoms with Crippen molar-refractivity contribution in [1.82, 2.24) is 5.32 Å². The summed E-state index contributed by atoms with van der Waals surface area (Å²) < 4.78 is 0. The molecule has 0 saturated carbocycles. The maximum atomic E-state index is 3.82. The summed E-state index contributed by atoms with van der Waals surface area (Å²) in [4.78, 5) is 0. The number of rotatable bonds is 8. The van der Waals surface area contributed by atoms with Crippen molar-refractivity contribution in [2.45, 2.75) is 79.3 Å². The Bertz CT molecular complexity index is 124. The number of nitrogens with one attached hydrogen (secondary N) is 1. The summed E-state index contributed by atoms with van der Waals surface area (Å²) in [5, 5.41) is 3.82. The zero-order chi connectivity index (χ0) is 11.8. The molecule has 0 aromatic rings. The zero-order valence-electron chi connectivity index (χ0n) is 11.6. The smallest absolute Gasteiger partial charge is 0.00694 e. The van der Waals surface area contributed by atoms with Gasteiger partial charge in [0, 0.05) is 12.1 Å². The third-order valence-electron chi connectivity index (χ3n) is 2.97. The second-order valence-electron chi connectivity index (χ2n) is 5.64. The minimum atomic E-state index is 0.716. The normalized spacial score (nSPS) is 16.0. The summed E-state index contributed by atoms with van der Waals surface area (Å²) in [5.41, 5.74) is 0. The monoisotopic (exact) mass is 213 g/mol. The van der Waals surface area contributed by atoms with E-state index in [1.54, 1.807) is 0 Å². The Labute approximate surface area is 97.0 Å². The van der Waals surface area contributed by atoms with E-state index in [0.717, 1.165) is 11.8 Å². The quantitative estimate of drug-likeness (QED) is 0.636. The van der Waals surface area contributed by atoms with Crippen LogP contribution >= 0.6 is 0 Å². The van der Waals surface area contributed by atoms with Crippen LogP contribution in [0, 0.1) is 11.8 Å². The van der Waals surface area contributed by atoms with E-state index >= 15 is 0 Å². The molecule has 0 aliphatic carbocycles. The van der Waals surface area contributed by atoms with Crippen LogP contribution in [0.3, 0.4) is 0 Å². The first kappa shape index (κ1) is 15.0. The molecule has 1 N–H and O–H groups in total. The molecule has 15 heavy (non-hydrogen) atoms. The van der Waals surface area contributed by atoms with E-state index in [9.17, 15) is 0 Å². The van der Waals surface area contributed by atoms with Gasteiger partial charge in [0.25, 0.3) is 0 Å². The van der Waals surface area contributed by atoms with E-state index in [2.05, 4.69) is 46.9 Å². The maximum Gasteiger partial charge on any atom is 0.00694 e. The van der Waals surface area contributed by atoms with Gasteiger partial charge in [-0.25, -0.2) is 0 Å². The summed E-state index contributed by atoms with van der Waals surface area (Å²) in [6, 6.07) is 1.43. The van der Waals surface area contributed by atoms with Gasteiger partial charge in [0.15, 0.2) is 0 Å². The van der Waals surface area contributed by atoms with Crippen LogP contribution < -0.4 is 5.32 Å². The van der Waals surface area contributed by atoms with Crippen molar-refractivity contribution in [3.05, 3.63) is 0 Å². The zero-order valence-corrected chi connectivity index (χ0v) is 11.6. The summed E-state index contributed by atoms with van der Waals surface area (Å²) in [6.45, 7) is 13.8.